The molecule has 18 heavy (non-hydrogen) atoms. The molecule has 0 rings (SSSR count). The van der Waals surface area contributed by atoms with Crippen LogP contribution in [0.2, 0.25) is 39.3 Å². The van der Waals surface area contributed by atoms with Gasteiger partial charge in [0.05, 0.1) is 0 Å². The average Bonchev–Trinajstić information content (AvgIpc) is 1.93. The second-order valence-electron chi connectivity index (χ2n) is 6.46. The van der Waals surface area contributed by atoms with Gasteiger partial charge in [0.1, 0.15) is 10.2 Å². The molecule has 4 nitrogen and oxygen atoms in total. The summed E-state index contributed by atoms with van der Waals surface area (Å²) in [5, 5.41) is 0. The SMILES string of the molecule is C=C(C)C(=O)OC([SiH3])(O[Si](C)(C)C)O[Si](C)(C)C. The summed E-state index contributed by atoms with van der Waals surface area (Å²) in [5.41, 5.74) is -0.820. The average molecular weight is 307 g/mol. The molecule has 0 radical (unpaired) electrons. The lowest BCUT2D eigenvalue weighted by molar-refractivity contribution is -0.238. The zero-order valence-corrected chi connectivity index (χ0v) is 16.8. The van der Waals surface area contributed by atoms with E-state index in [2.05, 4.69) is 6.58 Å². The van der Waals surface area contributed by atoms with Crippen molar-refractivity contribution in [2.24, 2.45) is 0 Å². The number of carbonyl (C=O) groups excluding carboxylic acids is 1. The molecule has 0 aliphatic rings. The summed E-state index contributed by atoms with van der Waals surface area (Å²) < 4.78 is 17.3. The highest BCUT2D eigenvalue weighted by molar-refractivity contribution is 6.71. The maximum Gasteiger partial charge on any atom is 0.336 e. The molecule has 0 bridgehead atoms. The maximum absolute atomic E-state index is 11.7. The predicted molar refractivity (Wildman–Crippen MR) is 82.4 cm³/mol. The zero-order chi connectivity index (χ0) is 14.8. The molecular formula is C11H26O4Si3. The summed E-state index contributed by atoms with van der Waals surface area (Å²) in [6.07, 6.45) is 0. The van der Waals surface area contributed by atoms with E-state index >= 15 is 0 Å². The van der Waals surface area contributed by atoms with Crippen LogP contribution >= 0.6 is 0 Å². The van der Waals surface area contributed by atoms with Crippen LogP contribution in [0.5, 0.6) is 0 Å². The highest BCUT2D eigenvalue weighted by Gasteiger charge is 2.39. The third-order valence-electron chi connectivity index (χ3n) is 1.61. The van der Waals surface area contributed by atoms with Crippen molar-refractivity contribution in [3.8, 4) is 0 Å². The van der Waals surface area contributed by atoms with Crippen LogP contribution in [0.4, 0.5) is 0 Å². The van der Waals surface area contributed by atoms with Crippen molar-refractivity contribution in [1.82, 2.24) is 0 Å². The Labute approximate surface area is 115 Å². The van der Waals surface area contributed by atoms with Crippen LogP contribution in [-0.4, -0.2) is 38.4 Å². The van der Waals surface area contributed by atoms with Gasteiger partial charge in [-0.3, -0.25) is 0 Å². The molecule has 0 aliphatic heterocycles. The van der Waals surface area contributed by atoms with Crippen LogP contribution in [0.1, 0.15) is 6.92 Å². The summed E-state index contributed by atoms with van der Waals surface area (Å²) in [4.78, 5) is 11.7. The molecule has 0 aromatic carbocycles. The van der Waals surface area contributed by atoms with Crippen LogP contribution in [0.15, 0.2) is 12.2 Å². The lowest BCUT2D eigenvalue weighted by Gasteiger charge is -2.39. The number of rotatable bonds is 6. The molecule has 0 saturated carbocycles. The molecular weight excluding hydrogens is 280 g/mol. The Morgan fingerprint density at radius 2 is 1.39 bits per heavy atom. The molecule has 0 aromatic heterocycles. The van der Waals surface area contributed by atoms with E-state index in [9.17, 15) is 4.79 Å². The molecule has 0 fully saturated rings. The maximum atomic E-state index is 11.7. The van der Waals surface area contributed by atoms with Gasteiger partial charge in [0.15, 0.2) is 16.6 Å². The fourth-order valence-corrected chi connectivity index (χ4v) is 7.76. The van der Waals surface area contributed by atoms with Gasteiger partial charge in [-0.15, -0.1) is 0 Å². The molecule has 106 valence electrons. The lowest BCUT2D eigenvalue weighted by Crippen LogP contribution is -2.53. The Morgan fingerprint density at radius 3 is 1.61 bits per heavy atom. The summed E-state index contributed by atoms with van der Waals surface area (Å²) in [5.74, 6) is -0.457. The Balaban J connectivity index is 5.03. The third-order valence-corrected chi connectivity index (χ3v) is 5.00. The first-order valence-electron chi connectivity index (χ1n) is 6.03. The first-order valence-corrected chi connectivity index (χ1v) is 13.8. The van der Waals surface area contributed by atoms with Gasteiger partial charge >= 0.3 is 5.97 Å². The second-order valence-corrected chi connectivity index (χ2v) is 16.5. The lowest BCUT2D eigenvalue weighted by atomic mass is 10.4. The smallest absolute Gasteiger partial charge is 0.336 e. The highest BCUT2D eigenvalue weighted by atomic mass is 28.4. The van der Waals surface area contributed by atoms with Gasteiger partial charge in [0.2, 0.25) is 0 Å². The summed E-state index contributed by atoms with van der Waals surface area (Å²) in [6.45, 7) is 17.5. The van der Waals surface area contributed by atoms with Gasteiger partial charge in [-0.25, -0.2) is 4.79 Å². The van der Waals surface area contributed by atoms with E-state index in [1.54, 1.807) is 6.92 Å². The van der Waals surface area contributed by atoms with Crippen molar-refractivity contribution in [1.29, 1.82) is 0 Å². The fraction of sp³-hybridized carbons (Fsp3) is 0.727. The van der Waals surface area contributed by atoms with Crippen LogP contribution < -0.4 is 0 Å². The Hall–Kier alpha value is -0.219. The van der Waals surface area contributed by atoms with Gasteiger partial charge in [0.25, 0.3) is 5.60 Å². The van der Waals surface area contributed by atoms with E-state index in [4.69, 9.17) is 13.6 Å². The molecule has 0 aliphatic carbocycles. The number of hydrogen-bond acceptors (Lipinski definition) is 4. The normalized spacial score (nSPS) is 13.5. The first kappa shape index (κ1) is 17.8. The van der Waals surface area contributed by atoms with E-state index in [1.807, 2.05) is 39.3 Å². The number of carbonyl (C=O) groups is 1. The van der Waals surface area contributed by atoms with E-state index in [-0.39, 0.29) is 0 Å². The van der Waals surface area contributed by atoms with Crippen molar-refractivity contribution in [2.45, 2.75) is 51.8 Å². The van der Waals surface area contributed by atoms with Crippen molar-refractivity contribution < 1.29 is 18.4 Å². The van der Waals surface area contributed by atoms with E-state index in [0.717, 1.165) is 0 Å². The minimum Gasteiger partial charge on any atom is -0.412 e. The summed E-state index contributed by atoms with van der Waals surface area (Å²) in [6, 6.07) is 0. The standard InChI is InChI=1S/C11H26O4Si3/c1-9(2)10(12)13-11(16,14-17(3,4)5)15-18(6,7)8/h1H2,2-8,16H3. The fourth-order valence-electron chi connectivity index (χ4n) is 1.43. The number of ether oxygens (including phenoxy) is 1. The van der Waals surface area contributed by atoms with E-state index in [1.165, 1.54) is 0 Å². The molecule has 0 saturated heterocycles. The number of hydrogen-bond donors (Lipinski definition) is 0. The largest absolute Gasteiger partial charge is 0.412 e. The van der Waals surface area contributed by atoms with E-state index < -0.39 is 28.2 Å². The van der Waals surface area contributed by atoms with Crippen molar-refractivity contribution >= 4 is 32.8 Å². The molecule has 0 amide bonds. The molecule has 0 unspecified atom stereocenters. The topological polar surface area (TPSA) is 44.8 Å². The predicted octanol–water partition coefficient (Wildman–Crippen LogP) is 1.79. The molecule has 0 aromatic rings. The van der Waals surface area contributed by atoms with Crippen LogP contribution in [0, 0.1) is 0 Å². The van der Waals surface area contributed by atoms with Gasteiger partial charge in [0, 0.05) is 5.57 Å². The second kappa shape index (κ2) is 5.83. The quantitative estimate of drug-likeness (QED) is 0.325. The third kappa shape index (κ3) is 7.98. The summed E-state index contributed by atoms with van der Waals surface area (Å²) >= 11 is 0. The zero-order valence-electron chi connectivity index (χ0n) is 12.8. The van der Waals surface area contributed by atoms with Crippen LogP contribution in [0.25, 0.3) is 0 Å². The Morgan fingerprint density at radius 1 is 1.06 bits per heavy atom. The number of esters is 1. The van der Waals surface area contributed by atoms with Crippen LogP contribution in [-0.2, 0) is 18.4 Å². The Kier molecular flexibility index (Phi) is 5.76. The van der Waals surface area contributed by atoms with Gasteiger partial charge in [-0.2, -0.15) is 0 Å². The van der Waals surface area contributed by atoms with Gasteiger partial charge in [-0.1, -0.05) is 6.58 Å². The summed E-state index contributed by atoms with van der Waals surface area (Å²) in [7, 11) is -3.27. The van der Waals surface area contributed by atoms with Crippen molar-refractivity contribution in [3.05, 3.63) is 12.2 Å². The van der Waals surface area contributed by atoms with Crippen molar-refractivity contribution in [2.75, 3.05) is 0 Å². The molecule has 0 spiro atoms. The van der Waals surface area contributed by atoms with E-state index in [0.29, 0.717) is 15.8 Å². The van der Waals surface area contributed by atoms with Gasteiger partial charge in [-0.05, 0) is 46.2 Å². The van der Waals surface area contributed by atoms with Crippen LogP contribution in [0.3, 0.4) is 0 Å². The minimum absolute atomic E-state index is 0.355. The highest BCUT2D eigenvalue weighted by Crippen LogP contribution is 2.23. The molecule has 7 heteroatoms. The van der Waals surface area contributed by atoms with Gasteiger partial charge < -0.3 is 13.6 Å². The molecule has 0 heterocycles. The molecule has 0 N–H and O–H groups in total. The Bertz CT molecular complexity index is 312. The van der Waals surface area contributed by atoms with Crippen molar-refractivity contribution in [3.63, 3.8) is 0 Å². The molecule has 0 atom stereocenters. The first-order chi connectivity index (χ1) is 7.74. The monoisotopic (exact) mass is 306 g/mol. The minimum atomic E-state index is -1.87.